The van der Waals surface area contributed by atoms with Gasteiger partial charge in [-0.15, -0.1) is 0 Å². The number of unbranched alkanes of at least 4 members (excludes halogenated alkanes) is 3. The second-order valence-electron chi connectivity index (χ2n) is 9.19. The predicted molar refractivity (Wildman–Crippen MR) is 115 cm³/mol. The zero-order valence-electron chi connectivity index (χ0n) is 19.6. The molecule has 29 heavy (non-hydrogen) atoms. The van der Waals surface area contributed by atoms with Crippen LogP contribution in [0.5, 0.6) is 0 Å². The van der Waals surface area contributed by atoms with Crippen molar-refractivity contribution in [2.75, 3.05) is 46.4 Å². The van der Waals surface area contributed by atoms with E-state index in [4.69, 9.17) is 14.2 Å². The Kier molecular flexibility index (Phi) is 13.7. The van der Waals surface area contributed by atoms with Crippen LogP contribution in [0.25, 0.3) is 0 Å². The number of hydrogen-bond acceptors (Lipinski definition) is 6. The third-order valence-electron chi connectivity index (χ3n) is 3.67. The number of hydrogen-bond donors (Lipinski definition) is 2. The molecule has 0 fully saturated rings. The number of likely N-dealkylation sites (N-methyl/N-ethyl adjacent to an activating group) is 1. The summed E-state index contributed by atoms with van der Waals surface area (Å²) < 4.78 is 15.9. The van der Waals surface area contributed by atoms with Gasteiger partial charge in [0.05, 0.1) is 13.2 Å². The van der Waals surface area contributed by atoms with Gasteiger partial charge < -0.3 is 29.7 Å². The molecule has 0 radical (unpaired) electrons. The van der Waals surface area contributed by atoms with Crippen LogP contribution in [-0.4, -0.2) is 74.7 Å². The van der Waals surface area contributed by atoms with Crippen molar-refractivity contribution in [1.82, 2.24) is 15.5 Å². The van der Waals surface area contributed by atoms with Gasteiger partial charge in [-0.1, -0.05) is 12.8 Å². The fourth-order valence-corrected chi connectivity index (χ4v) is 2.34. The Morgan fingerprint density at radius 3 is 1.79 bits per heavy atom. The molecule has 0 saturated carbocycles. The summed E-state index contributed by atoms with van der Waals surface area (Å²) in [6.45, 7) is 15.1. The molecule has 0 aliphatic carbocycles. The molecule has 0 atom stereocenters. The van der Waals surface area contributed by atoms with Crippen molar-refractivity contribution in [2.24, 2.45) is 0 Å². The summed E-state index contributed by atoms with van der Waals surface area (Å²) in [5.41, 5.74) is -0.935. The number of carbonyl (C=O) groups excluding carboxylic acids is 2. The van der Waals surface area contributed by atoms with E-state index in [1.54, 1.807) is 0 Å². The molecule has 2 amide bonds. The van der Waals surface area contributed by atoms with E-state index in [9.17, 15) is 9.59 Å². The van der Waals surface area contributed by atoms with Gasteiger partial charge in [-0.2, -0.15) is 0 Å². The zero-order valence-corrected chi connectivity index (χ0v) is 19.6. The Morgan fingerprint density at radius 1 is 0.724 bits per heavy atom. The molecule has 0 bridgehead atoms. The number of carbonyl (C=O) groups is 2. The molecule has 0 aliphatic heterocycles. The van der Waals surface area contributed by atoms with E-state index in [2.05, 4.69) is 22.6 Å². The van der Waals surface area contributed by atoms with Crippen molar-refractivity contribution in [2.45, 2.75) is 78.4 Å². The van der Waals surface area contributed by atoms with Gasteiger partial charge in [0.2, 0.25) is 0 Å². The Hall–Kier alpha value is -1.54. The molecule has 0 unspecified atom stereocenters. The van der Waals surface area contributed by atoms with Crippen molar-refractivity contribution in [3.05, 3.63) is 0 Å². The average molecular weight is 418 g/mol. The topological polar surface area (TPSA) is 89.1 Å². The quantitative estimate of drug-likeness (QED) is 0.446. The number of rotatable bonds is 13. The van der Waals surface area contributed by atoms with E-state index in [1.165, 1.54) is 0 Å². The van der Waals surface area contributed by atoms with Crippen LogP contribution in [0.3, 0.4) is 0 Å². The van der Waals surface area contributed by atoms with Gasteiger partial charge >= 0.3 is 12.2 Å². The molecule has 0 aliphatic rings. The summed E-state index contributed by atoms with van der Waals surface area (Å²) in [5, 5.41) is 5.45. The number of nitrogens with one attached hydrogen (secondary N) is 2. The summed E-state index contributed by atoms with van der Waals surface area (Å²) >= 11 is 0. The Labute approximate surface area is 177 Å². The van der Waals surface area contributed by atoms with Crippen LogP contribution in [0, 0.1) is 0 Å². The fourth-order valence-electron chi connectivity index (χ4n) is 2.34. The first-order valence-electron chi connectivity index (χ1n) is 10.6. The standard InChI is InChI=1S/C21H43N3O5/c1-20(2,3)28-18(25)22-12-10-8-9-11-14-24(7)15-17-27-16-13-23-19(26)29-21(4,5)6/h8-17H2,1-7H3,(H,22,25)(H,23,26). The lowest BCUT2D eigenvalue weighted by Gasteiger charge is -2.20. The van der Waals surface area contributed by atoms with Gasteiger partial charge in [0.1, 0.15) is 11.2 Å². The van der Waals surface area contributed by atoms with Crippen molar-refractivity contribution in [1.29, 1.82) is 0 Å². The highest BCUT2D eigenvalue weighted by atomic mass is 16.6. The molecular weight excluding hydrogens is 374 g/mol. The van der Waals surface area contributed by atoms with Crippen LogP contribution < -0.4 is 10.6 Å². The van der Waals surface area contributed by atoms with Crippen molar-refractivity contribution >= 4 is 12.2 Å². The zero-order chi connectivity index (χ0) is 22.3. The van der Waals surface area contributed by atoms with Crippen LogP contribution in [0.4, 0.5) is 9.59 Å². The second kappa shape index (κ2) is 14.4. The van der Waals surface area contributed by atoms with Crippen molar-refractivity contribution in [3.63, 3.8) is 0 Å². The first-order valence-corrected chi connectivity index (χ1v) is 10.6. The Balaban J connectivity index is 3.45. The lowest BCUT2D eigenvalue weighted by molar-refractivity contribution is 0.0490. The molecule has 0 aromatic rings. The van der Waals surface area contributed by atoms with Crippen molar-refractivity contribution in [3.8, 4) is 0 Å². The predicted octanol–water partition coefficient (Wildman–Crippen LogP) is 3.54. The fraction of sp³-hybridized carbons (Fsp3) is 0.905. The smallest absolute Gasteiger partial charge is 0.407 e. The van der Waals surface area contributed by atoms with Crippen LogP contribution in [0.1, 0.15) is 67.2 Å². The maximum Gasteiger partial charge on any atom is 0.407 e. The second-order valence-corrected chi connectivity index (χ2v) is 9.19. The summed E-state index contributed by atoms with van der Waals surface area (Å²) in [6, 6.07) is 0. The molecule has 172 valence electrons. The summed E-state index contributed by atoms with van der Waals surface area (Å²) in [5.74, 6) is 0. The minimum atomic E-state index is -0.484. The summed E-state index contributed by atoms with van der Waals surface area (Å²) in [4.78, 5) is 25.2. The summed E-state index contributed by atoms with van der Waals surface area (Å²) in [6.07, 6.45) is 3.51. The van der Waals surface area contributed by atoms with Gasteiger partial charge in [-0.3, -0.25) is 0 Å². The molecule has 0 aromatic heterocycles. The molecular formula is C21H43N3O5. The highest BCUT2D eigenvalue weighted by molar-refractivity contribution is 5.67. The minimum Gasteiger partial charge on any atom is -0.444 e. The molecule has 0 rings (SSSR count). The van der Waals surface area contributed by atoms with E-state index >= 15 is 0 Å². The van der Waals surface area contributed by atoms with Crippen LogP contribution >= 0.6 is 0 Å². The lowest BCUT2D eigenvalue weighted by Crippen LogP contribution is -2.34. The summed E-state index contributed by atoms with van der Waals surface area (Å²) in [7, 11) is 2.08. The van der Waals surface area contributed by atoms with E-state index in [1.807, 2.05) is 41.5 Å². The third kappa shape index (κ3) is 21.0. The molecule has 2 N–H and O–H groups in total. The SMILES string of the molecule is CN(CCCCCCNC(=O)OC(C)(C)C)CCOCCNC(=O)OC(C)(C)C. The molecule has 8 nitrogen and oxygen atoms in total. The van der Waals surface area contributed by atoms with E-state index in [-0.39, 0.29) is 6.09 Å². The lowest BCUT2D eigenvalue weighted by atomic mass is 10.2. The maximum atomic E-state index is 11.5. The molecule has 8 heteroatoms. The molecule has 0 aromatic carbocycles. The highest BCUT2D eigenvalue weighted by Gasteiger charge is 2.16. The van der Waals surface area contributed by atoms with Crippen LogP contribution in [0.2, 0.25) is 0 Å². The Morgan fingerprint density at radius 2 is 1.24 bits per heavy atom. The van der Waals surface area contributed by atoms with Crippen LogP contribution in [-0.2, 0) is 14.2 Å². The van der Waals surface area contributed by atoms with Gasteiger partial charge in [-0.05, 0) is 68.0 Å². The van der Waals surface area contributed by atoms with Gasteiger partial charge in [0.25, 0.3) is 0 Å². The van der Waals surface area contributed by atoms with E-state index < -0.39 is 17.3 Å². The normalized spacial score (nSPS) is 12.0. The number of nitrogens with zero attached hydrogens (tertiary/aromatic N) is 1. The molecule has 0 spiro atoms. The highest BCUT2D eigenvalue weighted by Crippen LogP contribution is 2.07. The first kappa shape index (κ1) is 27.5. The minimum absolute atomic E-state index is 0.349. The van der Waals surface area contributed by atoms with Gasteiger partial charge in [0.15, 0.2) is 0 Å². The molecule has 0 saturated heterocycles. The maximum absolute atomic E-state index is 11.5. The number of ether oxygens (including phenoxy) is 3. The third-order valence-corrected chi connectivity index (χ3v) is 3.67. The average Bonchev–Trinajstić information content (AvgIpc) is 2.53. The van der Waals surface area contributed by atoms with Gasteiger partial charge in [0, 0.05) is 19.6 Å². The van der Waals surface area contributed by atoms with E-state index in [0.717, 1.165) is 38.8 Å². The first-order chi connectivity index (χ1) is 13.4. The largest absolute Gasteiger partial charge is 0.444 e. The monoisotopic (exact) mass is 417 g/mol. The Bertz CT molecular complexity index is 458. The van der Waals surface area contributed by atoms with E-state index in [0.29, 0.717) is 26.3 Å². The molecule has 0 heterocycles. The van der Waals surface area contributed by atoms with Crippen molar-refractivity contribution < 1.29 is 23.8 Å². The number of amides is 2. The van der Waals surface area contributed by atoms with Crippen LogP contribution in [0.15, 0.2) is 0 Å². The number of alkyl carbamates (subject to hydrolysis) is 2. The van der Waals surface area contributed by atoms with Gasteiger partial charge in [-0.25, -0.2) is 9.59 Å².